The molecule has 2 heterocycles. The average Bonchev–Trinajstić information content (AvgIpc) is 2.99. The summed E-state index contributed by atoms with van der Waals surface area (Å²) in [5, 5.41) is 0. The van der Waals surface area contributed by atoms with Gasteiger partial charge in [-0.3, -0.25) is 0 Å². The predicted octanol–water partition coefficient (Wildman–Crippen LogP) is 3.86. The van der Waals surface area contributed by atoms with Crippen molar-refractivity contribution in [3.8, 4) is 0 Å². The van der Waals surface area contributed by atoms with Crippen LogP contribution in [0.2, 0.25) is 0 Å². The Morgan fingerprint density at radius 3 is 2.65 bits per heavy atom. The van der Waals surface area contributed by atoms with Gasteiger partial charge in [-0.1, -0.05) is 18.2 Å². The Morgan fingerprint density at radius 1 is 1.17 bits per heavy atom. The van der Waals surface area contributed by atoms with Gasteiger partial charge in [-0.2, -0.15) is 11.8 Å². The van der Waals surface area contributed by atoms with Gasteiger partial charge in [-0.05, 0) is 36.8 Å². The molecule has 0 aliphatic heterocycles. The molecule has 0 atom stereocenters. The van der Waals surface area contributed by atoms with Crippen LogP contribution in [0.1, 0.15) is 27.3 Å². The van der Waals surface area contributed by atoms with E-state index in [-0.39, 0.29) is 5.97 Å². The molecule has 2 aromatic heterocycles. The van der Waals surface area contributed by atoms with Crippen LogP contribution in [-0.4, -0.2) is 22.5 Å². The van der Waals surface area contributed by atoms with Crippen LogP contribution in [0.4, 0.5) is 0 Å². The molecular weight excluding hydrogens is 308 g/mol. The highest BCUT2D eigenvalue weighted by molar-refractivity contribution is 7.97. The third-order valence-corrected chi connectivity index (χ3v) is 4.68. The van der Waals surface area contributed by atoms with Crippen LogP contribution in [0.3, 0.4) is 0 Å². The summed E-state index contributed by atoms with van der Waals surface area (Å²) in [4.78, 5) is 16.0. The van der Waals surface area contributed by atoms with Crippen LogP contribution in [-0.2, 0) is 16.2 Å². The summed E-state index contributed by atoms with van der Waals surface area (Å²) in [7, 11) is 1.39. The van der Waals surface area contributed by atoms with Crippen LogP contribution in [0.15, 0.2) is 48.7 Å². The largest absolute Gasteiger partial charge is 0.465 e. The highest BCUT2D eigenvalue weighted by Gasteiger charge is 2.06. The molecule has 118 valence electrons. The first kappa shape index (κ1) is 15.6. The van der Waals surface area contributed by atoms with E-state index in [1.54, 1.807) is 12.1 Å². The Balaban J connectivity index is 1.60. The minimum atomic E-state index is -0.302. The molecule has 0 amide bonds. The number of benzene rings is 1. The Hall–Kier alpha value is -2.27. The first-order chi connectivity index (χ1) is 11.2. The lowest BCUT2D eigenvalue weighted by Crippen LogP contribution is -2.00. The molecule has 0 aliphatic carbocycles. The number of imidazole rings is 1. The van der Waals surface area contributed by atoms with Gasteiger partial charge in [-0.25, -0.2) is 9.78 Å². The van der Waals surface area contributed by atoms with E-state index >= 15 is 0 Å². The van der Waals surface area contributed by atoms with E-state index in [4.69, 9.17) is 4.74 Å². The summed E-state index contributed by atoms with van der Waals surface area (Å²) in [5.41, 5.74) is 5.02. The second kappa shape index (κ2) is 6.87. The Morgan fingerprint density at radius 2 is 1.96 bits per heavy atom. The van der Waals surface area contributed by atoms with E-state index in [9.17, 15) is 4.79 Å². The summed E-state index contributed by atoms with van der Waals surface area (Å²) >= 11 is 1.81. The molecule has 3 aromatic rings. The van der Waals surface area contributed by atoms with Gasteiger partial charge in [0.1, 0.15) is 5.65 Å². The number of fused-ring (bicyclic) bond motifs is 1. The first-order valence-corrected chi connectivity index (χ1v) is 8.51. The number of pyridine rings is 1. The van der Waals surface area contributed by atoms with Gasteiger partial charge in [-0.15, -0.1) is 0 Å². The number of methoxy groups -OCH3 is 1. The van der Waals surface area contributed by atoms with Crippen LogP contribution in [0.25, 0.3) is 5.65 Å². The number of hydrogen-bond acceptors (Lipinski definition) is 4. The SMILES string of the molecule is COC(=O)c1ccc(CSCc2cn3c(C)cccc3n2)cc1. The number of rotatable bonds is 5. The van der Waals surface area contributed by atoms with Gasteiger partial charge in [0.25, 0.3) is 0 Å². The van der Waals surface area contributed by atoms with Gasteiger partial charge in [0, 0.05) is 23.4 Å². The zero-order chi connectivity index (χ0) is 16.2. The summed E-state index contributed by atoms with van der Waals surface area (Å²) in [6.07, 6.45) is 2.10. The van der Waals surface area contributed by atoms with Crippen molar-refractivity contribution in [1.82, 2.24) is 9.38 Å². The zero-order valence-corrected chi connectivity index (χ0v) is 14.0. The number of carbonyl (C=O) groups excluding carboxylic acids is 1. The Bertz CT molecular complexity index is 825. The molecule has 0 saturated carbocycles. The number of carbonyl (C=O) groups is 1. The molecule has 0 spiro atoms. The molecular formula is C18H18N2O2S. The van der Waals surface area contributed by atoms with Gasteiger partial charge in [0.15, 0.2) is 0 Å². The minimum Gasteiger partial charge on any atom is -0.465 e. The third kappa shape index (κ3) is 3.56. The molecule has 0 aliphatic rings. The molecule has 0 fully saturated rings. The van der Waals surface area contributed by atoms with Gasteiger partial charge in [0.05, 0.1) is 18.4 Å². The van der Waals surface area contributed by atoms with E-state index in [1.165, 1.54) is 18.4 Å². The van der Waals surface area contributed by atoms with Gasteiger partial charge >= 0.3 is 5.97 Å². The fraction of sp³-hybridized carbons (Fsp3) is 0.222. The van der Waals surface area contributed by atoms with Crippen molar-refractivity contribution in [3.63, 3.8) is 0 Å². The number of nitrogens with zero attached hydrogens (tertiary/aromatic N) is 2. The molecule has 23 heavy (non-hydrogen) atoms. The van der Waals surface area contributed by atoms with E-state index in [0.717, 1.165) is 22.8 Å². The maximum absolute atomic E-state index is 11.4. The number of ether oxygens (including phenoxy) is 1. The number of aromatic nitrogens is 2. The van der Waals surface area contributed by atoms with E-state index in [2.05, 4.69) is 28.6 Å². The maximum atomic E-state index is 11.4. The molecule has 1 aromatic carbocycles. The fourth-order valence-corrected chi connectivity index (χ4v) is 3.28. The highest BCUT2D eigenvalue weighted by atomic mass is 32.2. The molecule has 0 N–H and O–H groups in total. The van der Waals surface area contributed by atoms with E-state index < -0.39 is 0 Å². The zero-order valence-electron chi connectivity index (χ0n) is 13.2. The molecule has 3 rings (SSSR count). The van der Waals surface area contributed by atoms with Crippen molar-refractivity contribution in [2.75, 3.05) is 7.11 Å². The average molecular weight is 326 g/mol. The summed E-state index contributed by atoms with van der Waals surface area (Å²) in [6.45, 7) is 2.08. The molecule has 4 nitrogen and oxygen atoms in total. The summed E-state index contributed by atoms with van der Waals surface area (Å²) < 4.78 is 6.81. The lowest BCUT2D eigenvalue weighted by atomic mass is 10.1. The van der Waals surface area contributed by atoms with Gasteiger partial charge in [0.2, 0.25) is 0 Å². The van der Waals surface area contributed by atoms with Crippen molar-refractivity contribution in [1.29, 1.82) is 0 Å². The molecule has 0 saturated heterocycles. The van der Waals surface area contributed by atoms with Crippen molar-refractivity contribution in [3.05, 3.63) is 71.2 Å². The smallest absolute Gasteiger partial charge is 0.337 e. The lowest BCUT2D eigenvalue weighted by molar-refractivity contribution is 0.0600. The minimum absolute atomic E-state index is 0.302. The van der Waals surface area contributed by atoms with Crippen LogP contribution in [0.5, 0.6) is 0 Å². The fourth-order valence-electron chi connectivity index (χ4n) is 2.40. The van der Waals surface area contributed by atoms with Crippen LogP contribution < -0.4 is 0 Å². The number of esters is 1. The van der Waals surface area contributed by atoms with Gasteiger partial charge < -0.3 is 9.14 Å². The highest BCUT2D eigenvalue weighted by Crippen LogP contribution is 2.19. The standard InChI is InChI=1S/C18H18N2O2S/c1-13-4-3-5-17-19-16(10-20(13)17)12-23-11-14-6-8-15(9-7-14)18(21)22-2/h3-10H,11-12H2,1-2H3. The molecule has 0 unspecified atom stereocenters. The van der Waals surface area contributed by atoms with Crippen molar-refractivity contribution >= 4 is 23.4 Å². The van der Waals surface area contributed by atoms with E-state index in [1.807, 2.05) is 36.0 Å². The number of aryl methyl sites for hydroxylation is 1. The number of hydrogen-bond donors (Lipinski definition) is 0. The van der Waals surface area contributed by atoms with Crippen LogP contribution in [0, 0.1) is 6.92 Å². The van der Waals surface area contributed by atoms with E-state index in [0.29, 0.717) is 5.56 Å². The molecule has 0 bridgehead atoms. The molecule has 5 heteroatoms. The summed E-state index contributed by atoms with van der Waals surface area (Å²) in [6, 6.07) is 13.7. The lowest BCUT2D eigenvalue weighted by Gasteiger charge is -2.02. The second-order valence-corrected chi connectivity index (χ2v) is 6.29. The Kier molecular flexibility index (Phi) is 4.67. The van der Waals surface area contributed by atoms with Crippen molar-refractivity contribution < 1.29 is 9.53 Å². The van der Waals surface area contributed by atoms with Crippen molar-refractivity contribution in [2.24, 2.45) is 0 Å². The maximum Gasteiger partial charge on any atom is 0.337 e. The molecule has 0 radical (unpaired) electrons. The topological polar surface area (TPSA) is 43.6 Å². The predicted molar refractivity (Wildman–Crippen MR) is 92.7 cm³/mol. The Labute approximate surface area is 139 Å². The second-order valence-electron chi connectivity index (χ2n) is 5.31. The quantitative estimate of drug-likeness (QED) is 0.668. The van der Waals surface area contributed by atoms with Crippen molar-refractivity contribution in [2.45, 2.75) is 18.4 Å². The number of thioether (sulfide) groups is 1. The monoisotopic (exact) mass is 326 g/mol. The third-order valence-electron chi connectivity index (χ3n) is 3.64. The normalized spacial score (nSPS) is 10.9. The summed E-state index contributed by atoms with van der Waals surface area (Å²) in [5.74, 6) is 1.44. The first-order valence-electron chi connectivity index (χ1n) is 7.36. The van der Waals surface area contributed by atoms with Crippen LogP contribution >= 0.6 is 11.8 Å².